The van der Waals surface area contributed by atoms with Gasteiger partial charge in [-0.05, 0) is 11.6 Å². The van der Waals surface area contributed by atoms with Gasteiger partial charge in [-0.2, -0.15) is 12.1 Å². The fourth-order valence-corrected chi connectivity index (χ4v) is 1.29. The number of halogens is 2. The average molecular weight is 374 g/mol. The number of aliphatic hydroxyl groups excluding tert-OH is 1. The van der Waals surface area contributed by atoms with Crippen LogP contribution >= 0.6 is 27.5 Å². The maximum Gasteiger partial charge on any atom is 1.00 e. The van der Waals surface area contributed by atoms with Gasteiger partial charge in [-0.3, -0.25) is 0 Å². The average Bonchev–Trinajstić information content (AvgIpc) is 2.75. The predicted molar refractivity (Wildman–Crippen MR) is 63.5 cm³/mol. The van der Waals surface area contributed by atoms with Crippen molar-refractivity contribution in [3.8, 4) is 0 Å². The molecule has 15 heavy (non-hydrogen) atoms. The number of allylic oxidation sites excluding steroid dienone is 5. The second-order valence-corrected chi connectivity index (χ2v) is 3.84. The third-order valence-electron chi connectivity index (χ3n) is 1.52. The second kappa shape index (κ2) is 7.98. The van der Waals surface area contributed by atoms with Gasteiger partial charge in [0.25, 0.3) is 0 Å². The summed E-state index contributed by atoms with van der Waals surface area (Å²) in [5.74, 6) is 0. The van der Waals surface area contributed by atoms with E-state index < -0.39 is 0 Å². The van der Waals surface area contributed by atoms with E-state index in [0.29, 0.717) is 5.57 Å². The van der Waals surface area contributed by atoms with Gasteiger partial charge in [-0.1, -0.05) is 28.8 Å². The van der Waals surface area contributed by atoms with E-state index in [9.17, 15) is 0 Å². The molecule has 0 unspecified atom stereocenters. The zero-order valence-electron chi connectivity index (χ0n) is 7.68. The van der Waals surface area contributed by atoms with Crippen LogP contribution < -0.4 is 0 Å². The minimum Gasteiger partial charge on any atom is -0.498 e. The molecule has 1 aliphatic rings. The maximum atomic E-state index is 8.59. The Morgan fingerprint density at radius 3 is 1.87 bits per heavy atom. The first-order valence-electron chi connectivity index (χ1n) is 4.01. The van der Waals surface area contributed by atoms with Crippen molar-refractivity contribution in [2.45, 2.75) is 0 Å². The van der Waals surface area contributed by atoms with Crippen LogP contribution in [0.25, 0.3) is 0 Å². The molecule has 4 heteroatoms. The molecule has 0 fully saturated rings. The Morgan fingerprint density at radius 1 is 1.20 bits per heavy atom. The zero-order valence-corrected chi connectivity index (χ0v) is 11.8. The minimum atomic E-state index is -0.144. The van der Waals surface area contributed by atoms with Crippen LogP contribution in [-0.4, -0.2) is 5.11 Å². The summed E-state index contributed by atoms with van der Waals surface area (Å²) in [7, 11) is 0. The van der Waals surface area contributed by atoms with Crippen LogP contribution in [0.3, 0.4) is 0 Å². The van der Waals surface area contributed by atoms with Crippen molar-refractivity contribution in [2.75, 3.05) is 0 Å². The standard InChI is InChI=1S/C6H5ClO.C5H4Br.Ru/c7-6(8)5-3-1-2-4-5;6-5-3-1-2-4-5;/h1-4,8H;1-4H;/q;-1;+1. The summed E-state index contributed by atoms with van der Waals surface area (Å²) in [5, 5.41) is 8.45. The number of hydrogen-bond acceptors (Lipinski definition) is 1. The van der Waals surface area contributed by atoms with Gasteiger partial charge in [0.2, 0.25) is 0 Å². The van der Waals surface area contributed by atoms with Crippen molar-refractivity contribution in [3.63, 3.8) is 0 Å². The molecule has 0 spiro atoms. The summed E-state index contributed by atoms with van der Waals surface area (Å²) >= 11 is 8.50. The fourth-order valence-electron chi connectivity index (χ4n) is 0.862. The van der Waals surface area contributed by atoms with Gasteiger partial charge < -0.3 is 5.11 Å². The van der Waals surface area contributed by atoms with E-state index in [2.05, 4.69) is 15.9 Å². The molecule has 1 aromatic rings. The summed E-state index contributed by atoms with van der Waals surface area (Å²) in [5.41, 5.74) is 0.673. The van der Waals surface area contributed by atoms with E-state index in [-0.39, 0.29) is 24.7 Å². The molecule has 0 saturated carbocycles. The molecule has 0 aromatic heterocycles. The van der Waals surface area contributed by atoms with Crippen molar-refractivity contribution in [3.05, 3.63) is 63.8 Å². The molecule has 81 valence electrons. The van der Waals surface area contributed by atoms with E-state index in [0.717, 1.165) is 4.47 Å². The van der Waals surface area contributed by atoms with Gasteiger partial charge >= 0.3 is 19.5 Å². The van der Waals surface area contributed by atoms with Gasteiger partial charge in [-0.25, -0.2) is 12.1 Å². The summed E-state index contributed by atoms with van der Waals surface area (Å²) in [4.78, 5) is 0. The van der Waals surface area contributed by atoms with Crippen LogP contribution in [0, 0.1) is 0 Å². The molecule has 0 aliphatic heterocycles. The van der Waals surface area contributed by atoms with E-state index >= 15 is 0 Å². The van der Waals surface area contributed by atoms with E-state index in [4.69, 9.17) is 16.7 Å². The minimum absolute atomic E-state index is 0. The third-order valence-corrected chi connectivity index (χ3v) is 2.27. The van der Waals surface area contributed by atoms with Crippen LogP contribution in [0.4, 0.5) is 0 Å². The summed E-state index contributed by atoms with van der Waals surface area (Å²) < 4.78 is 1.16. The molecule has 0 atom stereocenters. The van der Waals surface area contributed by atoms with Gasteiger partial charge in [0, 0.05) is 5.57 Å². The quantitative estimate of drug-likeness (QED) is 0.409. The second-order valence-electron chi connectivity index (χ2n) is 2.57. The summed E-state index contributed by atoms with van der Waals surface area (Å²) in [6.45, 7) is 0. The van der Waals surface area contributed by atoms with Crippen molar-refractivity contribution >= 4 is 27.5 Å². The zero-order chi connectivity index (χ0) is 10.4. The van der Waals surface area contributed by atoms with Crippen LogP contribution in [-0.2, 0) is 19.5 Å². The van der Waals surface area contributed by atoms with Crippen molar-refractivity contribution < 1.29 is 24.6 Å². The van der Waals surface area contributed by atoms with Crippen molar-refractivity contribution in [1.29, 1.82) is 0 Å². The van der Waals surface area contributed by atoms with Gasteiger partial charge in [0.05, 0.1) is 0 Å². The number of hydrogen-bond donors (Lipinski definition) is 1. The fraction of sp³-hybridized carbons (Fsp3) is 0. The van der Waals surface area contributed by atoms with Gasteiger partial charge in [0.1, 0.15) is 0 Å². The van der Waals surface area contributed by atoms with Gasteiger partial charge in [0.15, 0.2) is 5.22 Å². The van der Waals surface area contributed by atoms with Crippen LogP contribution in [0.1, 0.15) is 0 Å². The Balaban J connectivity index is 0.000000253. The summed E-state index contributed by atoms with van der Waals surface area (Å²) in [6.07, 6.45) is 7.10. The van der Waals surface area contributed by atoms with Crippen LogP contribution in [0.2, 0.25) is 0 Å². The SMILES string of the molecule is Br[c-]1cccc1.OC(Cl)=C1C=CC=C1.[Ru+]. The van der Waals surface area contributed by atoms with Gasteiger partial charge in [-0.15, -0.1) is 15.9 Å². The topological polar surface area (TPSA) is 20.2 Å². The number of rotatable bonds is 0. The normalized spacial score (nSPS) is 11.7. The molecule has 1 aromatic carbocycles. The summed E-state index contributed by atoms with van der Waals surface area (Å²) in [6, 6.07) is 7.98. The molecule has 0 heterocycles. The first kappa shape index (κ1) is 14.8. The Morgan fingerprint density at radius 2 is 1.67 bits per heavy atom. The first-order valence-corrected chi connectivity index (χ1v) is 5.18. The molecule has 1 radical (unpaired) electrons. The molecule has 1 aliphatic carbocycles. The van der Waals surface area contributed by atoms with E-state index in [1.54, 1.807) is 12.2 Å². The molecule has 1 nitrogen and oxygen atoms in total. The van der Waals surface area contributed by atoms with E-state index in [1.165, 1.54) is 0 Å². The first-order chi connectivity index (χ1) is 6.70. The molecule has 0 saturated heterocycles. The molecule has 1 N–H and O–H groups in total. The smallest absolute Gasteiger partial charge is 0.498 e. The monoisotopic (exact) mass is 373 g/mol. The molecular formula is C11H9BrClORu. The van der Waals surface area contributed by atoms with Crippen molar-refractivity contribution in [2.24, 2.45) is 0 Å². The Labute approximate surface area is 115 Å². The Bertz CT molecular complexity index is 348. The number of aliphatic hydroxyl groups is 1. The molecular weight excluding hydrogens is 365 g/mol. The molecule has 0 bridgehead atoms. The van der Waals surface area contributed by atoms with Crippen molar-refractivity contribution in [1.82, 2.24) is 0 Å². The molecule has 2 rings (SSSR count). The van der Waals surface area contributed by atoms with Crippen LogP contribution in [0.5, 0.6) is 0 Å². The predicted octanol–water partition coefficient (Wildman–Crippen LogP) is 4.29. The largest absolute Gasteiger partial charge is 1.00 e. The third kappa shape index (κ3) is 6.04. The maximum absolute atomic E-state index is 8.59. The van der Waals surface area contributed by atoms with E-state index in [1.807, 2.05) is 36.4 Å². The molecule has 0 amide bonds. The van der Waals surface area contributed by atoms with Crippen LogP contribution in [0.15, 0.2) is 63.8 Å². The Hall–Kier alpha value is -0.237. The Kier molecular flexibility index (Phi) is 7.85.